The van der Waals surface area contributed by atoms with Crippen LogP contribution in [0.5, 0.6) is 0 Å². The van der Waals surface area contributed by atoms with Gasteiger partial charge in [-0.15, -0.1) is 0 Å². The van der Waals surface area contributed by atoms with Gasteiger partial charge in [0.2, 0.25) is 11.8 Å². The molecule has 0 spiro atoms. The Labute approximate surface area is 205 Å². The Hall–Kier alpha value is -3.50. The third kappa shape index (κ3) is 5.83. The van der Waals surface area contributed by atoms with Crippen LogP contribution in [-0.2, 0) is 16.6 Å². The maximum absolute atomic E-state index is 13.2. The van der Waals surface area contributed by atoms with E-state index in [1.54, 1.807) is 17.3 Å². The average Bonchev–Trinajstić information content (AvgIpc) is 3.26. The number of H-pyrrole nitrogens is 1. The first-order valence-corrected chi connectivity index (χ1v) is 11.8. The van der Waals surface area contributed by atoms with E-state index in [4.69, 9.17) is 4.52 Å². The first-order valence-electron chi connectivity index (χ1n) is 11.8. The number of aromatic nitrogens is 4. The Bertz CT molecular complexity index is 1190. The second-order valence-electron chi connectivity index (χ2n) is 9.01. The van der Waals surface area contributed by atoms with Crippen LogP contribution in [0.15, 0.2) is 53.6 Å². The lowest BCUT2D eigenvalue weighted by atomic mass is 10.1. The summed E-state index contributed by atoms with van der Waals surface area (Å²) in [6.07, 6.45) is 1.26. The van der Waals surface area contributed by atoms with Gasteiger partial charge in [-0.3, -0.25) is 9.89 Å². The lowest BCUT2D eigenvalue weighted by Crippen LogP contribution is -2.31. The van der Waals surface area contributed by atoms with Crippen molar-refractivity contribution < 1.29 is 26.9 Å². The highest BCUT2D eigenvalue weighted by atomic mass is 19.4. The quantitative estimate of drug-likeness (QED) is 0.239. The number of hydrogen-bond acceptors (Lipinski definition) is 5. The number of anilines is 1. The van der Waals surface area contributed by atoms with Crippen LogP contribution >= 0.6 is 0 Å². The third-order valence-corrected chi connectivity index (χ3v) is 6.35. The summed E-state index contributed by atoms with van der Waals surface area (Å²) in [4.78, 5) is 18.5. The van der Waals surface area contributed by atoms with Gasteiger partial charge < -0.3 is 9.42 Å². The topological polar surface area (TPSA) is 87.9 Å². The fourth-order valence-corrected chi connectivity index (χ4v) is 4.06. The number of alkyl halides is 3. The third-order valence-electron chi connectivity index (χ3n) is 6.35. The number of carbonyl (C=O) groups is 1. The molecule has 11 heteroatoms. The Balaban J connectivity index is 1.34. The van der Waals surface area contributed by atoms with Crippen molar-refractivity contribution >= 4 is 11.6 Å². The minimum absolute atomic E-state index is 0.00212. The van der Waals surface area contributed by atoms with Crippen molar-refractivity contribution in [3.05, 3.63) is 60.8 Å². The fourth-order valence-electron chi connectivity index (χ4n) is 4.06. The Kier molecular flexibility index (Phi) is 7.56. The maximum Gasteiger partial charge on any atom is 0.403 e. The predicted molar refractivity (Wildman–Crippen MR) is 125 cm³/mol. The van der Waals surface area contributed by atoms with Crippen molar-refractivity contribution in [1.29, 1.82) is 0 Å². The van der Waals surface area contributed by atoms with Gasteiger partial charge in [-0.05, 0) is 43.4 Å². The normalized spacial score (nSPS) is 14.6. The van der Waals surface area contributed by atoms with Crippen molar-refractivity contribution in [2.75, 3.05) is 11.4 Å². The molecule has 1 fully saturated rings. The molecule has 0 radical (unpaired) electrons. The van der Waals surface area contributed by atoms with Gasteiger partial charge in [0.05, 0.1) is 12.0 Å². The minimum atomic E-state index is -4.39. The zero-order valence-corrected chi connectivity index (χ0v) is 19.7. The van der Waals surface area contributed by atoms with Gasteiger partial charge in [0.25, 0.3) is 0 Å². The molecule has 4 rings (SSSR count). The molecule has 1 amide bonds. The summed E-state index contributed by atoms with van der Waals surface area (Å²) < 4.78 is 57.8. The van der Waals surface area contributed by atoms with Crippen LogP contribution in [0.1, 0.15) is 56.7 Å². The summed E-state index contributed by atoms with van der Waals surface area (Å²) >= 11 is 0. The number of benzene rings is 1. The van der Waals surface area contributed by atoms with Crippen LogP contribution in [-0.4, -0.2) is 39.0 Å². The van der Waals surface area contributed by atoms with Crippen LogP contribution < -0.4 is 4.90 Å². The number of hydrogen-bond donors (Lipinski definition) is 1. The average molecular weight is 506 g/mol. The first-order chi connectivity index (χ1) is 17.2. The number of nitrogens with zero attached hydrogens (tertiary/aromatic N) is 4. The second kappa shape index (κ2) is 10.6. The zero-order chi connectivity index (χ0) is 25.8. The van der Waals surface area contributed by atoms with Crippen molar-refractivity contribution in [3.8, 4) is 11.1 Å². The molecule has 7 nitrogen and oxygen atoms in total. The van der Waals surface area contributed by atoms with Gasteiger partial charge in [0.1, 0.15) is 5.41 Å². The molecule has 2 aromatic heterocycles. The monoisotopic (exact) mass is 505 g/mol. The van der Waals surface area contributed by atoms with Gasteiger partial charge in [-0.2, -0.15) is 23.3 Å². The van der Waals surface area contributed by atoms with Crippen LogP contribution in [0.3, 0.4) is 0 Å². The molecule has 1 aliphatic rings. The van der Waals surface area contributed by atoms with E-state index >= 15 is 0 Å². The number of aryl methyl sites for hydroxylation is 1. The van der Waals surface area contributed by atoms with E-state index in [2.05, 4.69) is 26.9 Å². The Morgan fingerprint density at radius 1 is 1.17 bits per heavy atom. The number of nitrogens with one attached hydrogen (secondary N) is 1. The van der Waals surface area contributed by atoms with Gasteiger partial charge in [0, 0.05) is 43.3 Å². The molecule has 2 heterocycles. The molecule has 3 aromatic rings. The number of rotatable bonds is 12. The predicted octanol–water partition coefficient (Wildman–Crippen LogP) is 6.06. The van der Waals surface area contributed by atoms with Crippen LogP contribution in [0.2, 0.25) is 0 Å². The van der Waals surface area contributed by atoms with Crippen molar-refractivity contribution in [3.63, 3.8) is 0 Å². The summed E-state index contributed by atoms with van der Waals surface area (Å²) in [5, 5.41) is 10.4. The highest BCUT2D eigenvalue weighted by molar-refractivity contribution is 5.94. The lowest BCUT2D eigenvalue weighted by Gasteiger charge is -2.23. The molecule has 36 heavy (non-hydrogen) atoms. The molecular formula is C25H27F4N5O2. The standard InChI is InChI=1S/C25H27F4N5O2/c1-17(26)9-10-22(35)34(20-7-5-6-18(14-20)19-15-30-31-16-19)13-4-2-3-8-21-32-23(36-33-21)24(11-12-24)25(27,28)29/h5-7,14-16H,1-4,8-13H2,(H,30,31). The summed E-state index contributed by atoms with van der Waals surface area (Å²) in [6, 6.07) is 7.45. The number of halogens is 4. The molecule has 0 aliphatic heterocycles. The molecule has 0 atom stereocenters. The van der Waals surface area contributed by atoms with Crippen LogP contribution in [0.25, 0.3) is 11.1 Å². The first kappa shape index (κ1) is 25.6. The summed E-state index contributed by atoms with van der Waals surface area (Å²) in [5.74, 6) is -0.868. The fraction of sp³-hybridized carbons (Fsp3) is 0.440. The minimum Gasteiger partial charge on any atom is -0.338 e. The highest BCUT2D eigenvalue weighted by Gasteiger charge is 2.68. The Morgan fingerprint density at radius 2 is 1.97 bits per heavy atom. The van der Waals surface area contributed by atoms with Crippen molar-refractivity contribution in [2.45, 2.75) is 63.0 Å². The summed E-state index contributed by atoms with van der Waals surface area (Å²) in [6.45, 7) is 3.63. The molecule has 0 bridgehead atoms. The summed E-state index contributed by atoms with van der Waals surface area (Å²) in [5.41, 5.74) is 0.469. The van der Waals surface area contributed by atoms with Gasteiger partial charge in [-0.1, -0.05) is 30.3 Å². The maximum atomic E-state index is 13.2. The SMILES string of the molecule is C=C(F)CCC(=O)N(CCCCCc1noc(C2(C(F)(F)F)CC2)n1)c1cccc(-c2cn[nH]c2)c1. The number of amides is 1. The molecule has 1 N–H and O–H groups in total. The molecular weight excluding hydrogens is 478 g/mol. The van der Waals surface area contributed by atoms with Crippen molar-refractivity contribution in [2.24, 2.45) is 0 Å². The lowest BCUT2D eigenvalue weighted by molar-refractivity contribution is -0.166. The van der Waals surface area contributed by atoms with Crippen LogP contribution in [0.4, 0.5) is 23.2 Å². The zero-order valence-electron chi connectivity index (χ0n) is 19.7. The molecule has 192 valence electrons. The number of aromatic amines is 1. The molecule has 1 saturated carbocycles. The molecule has 0 saturated heterocycles. The van der Waals surface area contributed by atoms with Gasteiger partial charge in [-0.25, -0.2) is 4.39 Å². The highest BCUT2D eigenvalue weighted by Crippen LogP contribution is 2.58. The molecule has 0 unspecified atom stereocenters. The van der Waals surface area contributed by atoms with Gasteiger partial charge in [0.15, 0.2) is 5.82 Å². The second-order valence-corrected chi connectivity index (χ2v) is 9.01. The van der Waals surface area contributed by atoms with E-state index in [0.717, 1.165) is 11.1 Å². The number of unbranched alkanes of at least 4 members (excludes halogenated alkanes) is 2. The van der Waals surface area contributed by atoms with E-state index < -0.39 is 17.4 Å². The van der Waals surface area contributed by atoms with E-state index in [1.165, 1.54) is 0 Å². The largest absolute Gasteiger partial charge is 0.403 e. The van der Waals surface area contributed by atoms with Gasteiger partial charge >= 0.3 is 6.18 Å². The number of allylic oxidation sites excluding steroid dienone is 1. The van der Waals surface area contributed by atoms with E-state index in [0.29, 0.717) is 37.9 Å². The van der Waals surface area contributed by atoms with E-state index in [9.17, 15) is 22.4 Å². The smallest absolute Gasteiger partial charge is 0.338 e. The number of carbonyl (C=O) groups excluding carboxylic acids is 1. The van der Waals surface area contributed by atoms with E-state index in [1.807, 2.05) is 24.3 Å². The van der Waals surface area contributed by atoms with Crippen molar-refractivity contribution in [1.82, 2.24) is 20.3 Å². The molecule has 1 aliphatic carbocycles. The molecule has 1 aromatic carbocycles. The van der Waals surface area contributed by atoms with Crippen LogP contribution in [0, 0.1) is 0 Å². The summed E-state index contributed by atoms with van der Waals surface area (Å²) in [7, 11) is 0. The Morgan fingerprint density at radius 3 is 2.64 bits per heavy atom. The van der Waals surface area contributed by atoms with E-state index in [-0.39, 0.29) is 43.3 Å².